The van der Waals surface area contributed by atoms with Crippen molar-refractivity contribution in [2.45, 2.75) is 19.0 Å². The summed E-state index contributed by atoms with van der Waals surface area (Å²) in [6.45, 7) is 0. The van der Waals surface area contributed by atoms with Crippen LogP contribution in [0.1, 0.15) is 16.8 Å². The number of aryl methyl sites for hydroxylation is 1. The number of hydrogen-bond acceptors (Lipinski definition) is 2. The third kappa shape index (κ3) is 2.30. The molecular formula is C17H12F3N3. The number of alkyl halides is 3. The van der Waals surface area contributed by atoms with E-state index in [0.29, 0.717) is 18.5 Å². The lowest BCUT2D eigenvalue weighted by Crippen LogP contribution is -2.19. The molecule has 0 fully saturated rings. The fraction of sp³-hybridized carbons (Fsp3) is 0.176. The molecule has 0 saturated heterocycles. The van der Waals surface area contributed by atoms with Crippen molar-refractivity contribution in [3.8, 4) is 17.2 Å². The molecule has 0 N–H and O–H groups in total. The third-order valence-electron chi connectivity index (χ3n) is 4.02. The van der Waals surface area contributed by atoms with E-state index in [9.17, 15) is 13.2 Å². The van der Waals surface area contributed by atoms with E-state index in [1.807, 2.05) is 24.3 Å². The van der Waals surface area contributed by atoms with Crippen LogP contribution in [0.25, 0.3) is 17.2 Å². The maximum Gasteiger partial charge on any atom is 0.433 e. The lowest BCUT2D eigenvalue weighted by molar-refractivity contribution is -0.141. The molecule has 0 radical (unpaired) electrons. The molecule has 3 nitrogen and oxygen atoms in total. The Morgan fingerprint density at radius 3 is 2.39 bits per heavy atom. The van der Waals surface area contributed by atoms with Crippen LogP contribution in [-0.2, 0) is 19.0 Å². The van der Waals surface area contributed by atoms with Crippen molar-refractivity contribution in [2.75, 3.05) is 0 Å². The molecule has 1 aromatic carbocycles. The van der Waals surface area contributed by atoms with E-state index >= 15 is 0 Å². The van der Waals surface area contributed by atoms with Gasteiger partial charge in [0.15, 0.2) is 5.69 Å². The topological polar surface area (TPSA) is 30.7 Å². The van der Waals surface area contributed by atoms with Crippen molar-refractivity contribution in [1.29, 1.82) is 0 Å². The summed E-state index contributed by atoms with van der Waals surface area (Å²) in [7, 11) is 0. The van der Waals surface area contributed by atoms with Gasteiger partial charge in [0.25, 0.3) is 0 Å². The molecule has 2 aromatic heterocycles. The first-order chi connectivity index (χ1) is 11.0. The van der Waals surface area contributed by atoms with Gasteiger partial charge in [-0.15, -0.1) is 0 Å². The van der Waals surface area contributed by atoms with E-state index < -0.39 is 11.9 Å². The molecule has 116 valence electrons. The first kappa shape index (κ1) is 14.0. The monoisotopic (exact) mass is 315 g/mol. The van der Waals surface area contributed by atoms with E-state index in [1.165, 1.54) is 4.57 Å². The molecule has 2 heterocycles. The average molecular weight is 315 g/mol. The quantitative estimate of drug-likeness (QED) is 0.678. The summed E-state index contributed by atoms with van der Waals surface area (Å²) in [6.07, 6.45) is -0.361. The molecule has 0 unspecified atom stereocenters. The number of aromatic nitrogens is 3. The molecule has 23 heavy (non-hydrogen) atoms. The summed E-state index contributed by atoms with van der Waals surface area (Å²) in [5.74, 6) is 0.0396. The van der Waals surface area contributed by atoms with Crippen molar-refractivity contribution in [2.24, 2.45) is 0 Å². The van der Waals surface area contributed by atoms with E-state index in [1.54, 1.807) is 24.5 Å². The van der Waals surface area contributed by atoms with Crippen LogP contribution in [0.4, 0.5) is 13.2 Å². The van der Waals surface area contributed by atoms with Crippen LogP contribution in [0.3, 0.4) is 0 Å². The maximum atomic E-state index is 13.5. The fourth-order valence-corrected chi connectivity index (χ4v) is 2.98. The molecule has 0 amide bonds. The Labute approximate surface area is 130 Å². The smallest absolute Gasteiger partial charge is 0.293 e. The summed E-state index contributed by atoms with van der Waals surface area (Å²) in [5, 5.41) is 0. The van der Waals surface area contributed by atoms with Crippen molar-refractivity contribution in [3.05, 3.63) is 65.6 Å². The molecule has 0 saturated carbocycles. The zero-order valence-electron chi connectivity index (χ0n) is 12.0. The Hall–Kier alpha value is -2.63. The van der Waals surface area contributed by atoms with Crippen molar-refractivity contribution < 1.29 is 13.2 Å². The van der Waals surface area contributed by atoms with Crippen LogP contribution < -0.4 is 0 Å². The van der Waals surface area contributed by atoms with E-state index in [0.717, 1.165) is 11.1 Å². The maximum absolute atomic E-state index is 13.5. The zero-order chi connectivity index (χ0) is 16.0. The van der Waals surface area contributed by atoms with Gasteiger partial charge in [-0.3, -0.25) is 4.57 Å². The molecule has 0 bridgehead atoms. The molecule has 0 aliphatic heterocycles. The Kier molecular flexibility index (Phi) is 3.01. The molecule has 3 aromatic rings. The summed E-state index contributed by atoms with van der Waals surface area (Å²) in [5.41, 5.74) is 1.52. The minimum atomic E-state index is -4.50. The second-order valence-electron chi connectivity index (χ2n) is 5.44. The van der Waals surface area contributed by atoms with Gasteiger partial charge in [-0.25, -0.2) is 9.97 Å². The minimum absolute atomic E-state index is 0.0396. The summed E-state index contributed by atoms with van der Waals surface area (Å²) in [6, 6.07) is 10.9. The zero-order valence-corrected chi connectivity index (χ0v) is 12.0. The third-order valence-corrected chi connectivity index (χ3v) is 4.02. The average Bonchev–Trinajstić information content (AvgIpc) is 3.07. The highest BCUT2D eigenvalue weighted by Gasteiger charge is 2.38. The molecule has 4 rings (SSSR count). The van der Waals surface area contributed by atoms with Crippen molar-refractivity contribution in [3.63, 3.8) is 0 Å². The lowest BCUT2D eigenvalue weighted by Gasteiger charge is -2.22. The predicted octanol–water partition coefficient (Wildman–Crippen LogP) is 4.05. The summed E-state index contributed by atoms with van der Waals surface area (Å²) >= 11 is 0. The number of hydrogen-bond donors (Lipinski definition) is 0. The number of halogens is 3. The lowest BCUT2D eigenvalue weighted by atomic mass is 9.88. The van der Waals surface area contributed by atoms with Crippen LogP contribution in [-0.4, -0.2) is 14.5 Å². The Bertz CT molecular complexity index is 867. The number of benzene rings is 1. The van der Waals surface area contributed by atoms with Crippen LogP contribution in [0, 0.1) is 0 Å². The highest BCUT2D eigenvalue weighted by atomic mass is 19.4. The molecule has 1 aliphatic rings. The Balaban J connectivity index is 2.02. The first-order valence-electron chi connectivity index (χ1n) is 7.24. The highest BCUT2D eigenvalue weighted by molar-refractivity contribution is 5.71. The summed E-state index contributed by atoms with van der Waals surface area (Å²) in [4.78, 5) is 8.22. The van der Waals surface area contributed by atoms with Gasteiger partial charge in [0.1, 0.15) is 0 Å². The van der Waals surface area contributed by atoms with Gasteiger partial charge in [0.05, 0.1) is 5.69 Å². The molecule has 6 heteroatoms. The van der Waals surface area contributed by atoms with Gasteiger partial charge in [-0.1, -0.05) is 24.3 Å². The van der Waals surface area contributed by atoms with Crippen LogP contribution >= 0.6 is 0 Å². The van der Waals surface area contributed by atoms with Gasteiger partial charge < -0.3 is 0 Å². The van der Waals surface area contributed by atoms with Crippen LogP contribution in [0.2, 0.25) is 0 Å². The minimum Gasteiger partial charge on any atom is -0.293 e. The Morgan fingerprint density at radius 2 is 1.65 bits per heavy atom. The largest absolute Gasteiger partial charge is 0.433 e. The van der Waals surface area contributed by atoms with Crippen molar-refractivity contribution in [1.82, 2.24) is 14.5 Å². The fourth-order valence-electron chi connectivity index (χ4n) is 2.98. The second-order valence-corrected chi connectivity index (χ2v) is 5.44. The van der Waals surface area contributed by atoms with E-state index in [2.05, 4.69) is 9.97 Å². The van der Waals surface area contributed by atoms with E-state index in [-0.39, 0.29) is 11.5 Å². The number of rotatable bonds is 1. The van der Waals surface area contributed by atoms with Crippen LogP contribution in [0.15, 0.2) is 48.8 Å². The highest BCUT2D eigenvalue weighted by Crippen LogP contribution is 2.39. The molecular weight excluding hydrogens is 303 g/mol. The van der Waals surface area contributed by atoms with Gasteiger partial charge in [0, 0.05) is 23.5 Å². The summed E-state index contributed by atoms with van der Waals surface area (Å²) < 4.78 is 41.9. The SMILES string of the molecule is FC(F)(F)c1nc(-n2cccc2)nc2c1CCc1ccccc1-2. The van der Waals surface area contributed by atoms with E-state index in [4.69, 9.17) is 0 Å². The normalized spacial score (nSPS) is 13.5. The van der Waals surface area contributed by atoms with Crippen molar-refractivity contribution >= 4 is 0 Å². The standard InChI is InChI=1S/C17H12F3N3/c18-17(19,20)15-13-8-7-11-5-1-2-6-12(11)14(13)21-16(22-15)23-9-3-4-10-23/h1-6,9-10H,7-8H2. The molecule has 0 atom stereocenters. The van der Waals surface area contributed by atoms with Gasteiger partial charge >= 0.3 is 6.18 Å². The van der Waals surface area contributed by atoms with Gasteiger partial charge in [-0.2, -0.15) is 13.2 Å². The van der Waals surface area contributed by atoms with Crippen LogP contribution in [0.5, 0.6) is 0 Å². The van der Waals surface area contributed by atoms with Gasteiger partial charge in [-0.05, 0) is 30.5 Å². The predicted molar refractivity (Wildman–Crippen MR) is 79.2 cm³/mol. The second kappa shape index (κ2) is 4.94. The number of fused-ring (bicyclic) bond motifs is 3. The Morgan fingerprint density at radius 1 is 0.913 bits per heavy atom. The number of nitrogens with zero attached hydrogens (tertiary/aromatic N) is 3. The van der Waals surface area contributed by atoms with Gasteiger partial charge in [0.2, 0.25) is 5.95 Å². The molecule has 1 aliphatic carbocycles. The molecule has 0 spiro atoms. The first-order valence-corrected chi connectivity index (χ1v) is 7.24.